The van der Waals surface area contributed by atoms with Crippen molar-refractivity contribution in [2.75, 3.05) is 6.61 Å². The average molecular weight is 358 g/mol. The Bertz CT molecular complexity index is 979. The number of benzene rings is 2. The molecular weight excluding hydrogens is 342 g/mol. The van der Waals surface area contributed by atoms with E-state index < -0.39 is 5.91 Å². The summed E-state index contributed by atoms with van der Waals surface area (Å²) in [6.45, 7) is 3.49. The number of fused-ring (bicyclic) bond motifs is 1. The fourth-order valence-corrected chi connectivity index (χ4v) is 2.71. The van der Waals surface area contributed by atoms with Crippen LogP contribution in [0, 0.1) is 13.8 Å². The van der Waals surface area contributed by atoms with Gasteiger partial charge in [0.15, 0.2) is 12.3 Å². The number of aromatic hydroxyl groups is 1. The summed E-state index contributed by atoms with van der Waals surface area (Å²) >= 11 is 5.88. The molecule has 0 unspecified atom stereocenters. The summed E-state index contributed by atoms with van der Waals surface area (Å²) in [5.41, 5.74) is 2.77. The zero-order chi connectivity index (χ0) is 18.0. The van der Waals surface area contributed by atoms with Crippen LogP contribution < -0.4 is 4.74 Å². The Kier molecular flexibility index (Phi) is 4.72. The van der Waals surface area contributed by atoms with Gasteiger partial charge in [-0.3, -0.25) is 4.79 Å². The molecule has 2 N–H and O–H groups in total. The van der Waals surface area contributed by atoms with Gasteiger partial charge in [0.2, 0.25) is 5.88 Å². The molecule has 3 rings (SSSR count). The van der Waals surface area contributed by atoms with Crippen molar-refractivity contribution in [1.82, 2.24) is 4.98 Å². The van der Waals surface area contributed by atoms with Gasteiger partial charge in [-0.05, 0) is 43.2 Å². The largest absolute Gasteiger partial charge is 0.493 e. The van der Waals surface area contributed by atoms with Crippen LogP contribution >= 0.6 is 11.6 Å². The Balaban J connectivity index is 1.73. The van der Waals surface area contributed by atoms with Gasteiger partial charge in [0.1, 0.15) is 5.75 Å². The minimum Gasteiger partial charge on any atom is -0.493 e. The number of aromatic nitrogens is 1. The molecule has 1 amide bonds. The molecule has 1 aromatic heterocycles. The number of carbonyl (C=O) groups is 1. The maximum atomic E-state index is 11.9. The molecule has 128 valence electrons. The van der Waals surface area contributed by atoms with Crippen molar-refractivity contribution in [1.29, 1.82) is 0 Å². The Morgan fingerprint density at radius 3 is 2.80 bits per heavy atom. The average Bonchev–Trinajstić information content (AvgIpc) is 2.89. The van der Waals surface area contributed by atoms with Gasteiger partial charge < -0.3 is 14.8 Å². The molecule has 2 aromatic carbocycles. The molecule has 0 aliphatic rings. The normalized spacial score (nSPS) is 11.3. The summed E-state index contributed by atoms with van der Waals surface area (Å²) in [7, 11) is 0. The summed E-state index contributed by atoms with van der Waals surface area (Å²) in [5, 5.41) is 18.8. The molecule has 0 radical (unpaired) electrons. The summed E-state index contributed by atoms with van der Waals surface area (Å²) in [6, 6.07) is 10.7. The second-order valence-corrected chi connectivity index (χ2v) is 6.05. The van der Waals surface area contributed by atoms with Gasteiger partial charge in [-0.25, -0.2) is 0 Å². The molecule has 0 saturated carbocycles. The van der Waals surface area contributed by atoms with Gasteiger partial charge in [-0.1, -0.05) is 29.8 Å². The lowest BCUT2D eigenvalue weighted by molar-refractivity contribution is -0.120. The van der Waals surface area contributed by atoms with E-state index in [9.17, 15) is 9.90 Å². The standard InChI is InChI=1S/C18H16ClN3O3/c1-10-4-3-5-13-16(10)20-18(24)17(13)22-21-15(23)9-25-14-7-6-12(19)8-11(14)2/h3-8,20,24H,9H2,1-2H3. The number of carbonyl (C=O) groups excluding carboxylic acids is 1. The molecule has 3 aromatic rings. The van der Waals surface area contributed by atoms with Crippen LogP contribution in [0.15, 0.2) is 46.6 Å². The van der Waals surface area contributed by atoms with Crippen molar-refractivity contribution in [3.05, 3.63) is 52.5 Å². The molecule has 25 heavy (non-hydrogen) atoms. The number of para-hydroxylation sites is 1. The van der Waals surface area contributed by atoms with Gasteiger partial charge in [0.25, 0.3) is 0 Å². The molecule has 0 aliphatic heterocycles. The number of halogens is 1. The highest BCUT2D eigenvalue weighted by Gasteiger charge is 2.12. The number of ether oxygens (including phenoxy) is 1. The van der Waals surface area contributed by atoms with Crippen LogP contribution in [0.2, 0.25) is 5.02 Å². The number of hydrogen-bond donors (Lipinski definition) is 2. The lowest BCUT2D eigenvalue weighted by Crippen LogP contribution is -2.08. The van der Waals surface area contributed by atoms with Crippen molar-refractivity contribution >= 4 is 34.1 Å². The van der Waals surface area contributed by atoms with Crippen molar-refractivity contribution in [2.45, 2.75) is 13.8 Å². The molecule has 0 saturated heterocycles. The number of rotatable bonds is 4. The Labute approximate surface area is 149 Å². The number of aromatic amines is 1. The lowest BCUT2D eigenvalue weighted by Gasteiger charge is -2.06. The first kappa shape index (κ1) is 17.0. The third kappa shape index (κ3) is 3.64. The van der Waals surface area contributed by atoms with E-state index in [1.807, 2.05) is 26.0 Å². The maximum Gasteiger partial charge on any atom is 0.302 e. The number of aryl methyl sites for hydroxylation is 2. The zero-order valence-electron chi connectivity index (χ0n) is 13.7. The Hall–Kier alpha value is -2.86. The SMILES string of the molecule is Cc1cc(Cl)ccc1OCC(=O)N=Nc1c(O)[nH]c2c(C)cccc12. The van der Waals surface area contributed by atoms with E-state index in [0.717, 1.165) is 16.6 Å². The number of hydrogen-bond acceptors (Lipinski definition) is 4. The van der Waals surface area contributed by atoms with Crippen LogP contribution in [0.4, 0.5) is 5.69 Å². The third-order valence-electron chi connectivity index (χ3n) is 3.75. The number of nitrogens with one attached hydrogen (secondary N) is 1. The summed E-state index contributed by atoms with van der Waals surface area (Å²) in [4.78, 5) is 14.7. The first-order valence-electron chi connectivity index (χ1n) is 7.59. The van der Waals surface area contributed by atoms with Crippen molar-refractivity contribution in [3.8, 4) is 11.6 Å². The number of nitrogens with zero attached hydrogens (tertiary/aromatic N) is 2. The van der Waals surface area contributed by atoms with E-state index in [4.69, 9.17) is 16.3 Å². The third-order valence-corrected chi connectivity index (χ3v) is 3.98. The molecule has 0 aliphatic carbocycles. The molecule has 0 spiro atoms. The topological polar surface area (TPSA) is 87.0 Å². The lowest BCUT2D eigenvalue weighted by atomic mass is 10.1. The molecule has 1 heterocycles. The monoisotopic (exact) mass is 357 g/mol. The Morgan fingerprint density at radius 2 is 2.04 bits per heavy atom. The molecule has 7 heteroatoms. The van der Waals surface area contributed by atoms with Crippen molar-refractivity contribution < 1.29 is 14.6 Å². The fraction of sp³-hybridized carbons (Fsp3) is 0.167. The van der Waals surface area contributed by atoms with E-state index >= 15 is 0 Å². The van der Waals surface area contributed by atoms with Crippen LogP contribution in [-0.2, 0) is 4.79 Å². The number of H-pyrrole nitrogens is 1. The molecule has 6 nitrogen and oxygen atoms in total. The van der Waals surface area contributed by atoms with Crippen LogP contribution in [-0.4, -0.2) is 22.6 Å². The van der Waals surface area contributed by atoms with Gasteiger partial charge >= 0.3 is 5.91 Å². The summed E-state index contributed by atoms with van der Waals surface area (Å²) in [6.07, 6.45) is 0. The zero-order valence-corrected chi connectivity index (χ0v) is 14.5. The molecule has 0 fully saturated rings. The van der Waals surface area contributed by atoms with E-state index in [-0.39, 0.29) is 18.2 Å². The van der Waals surface area contributed by atoms with E-state index in [2.05, 4.69) is 15.2 Å². The number of amides is 1. The Morgan fingerprint density at radius 1 is 1.24 bits per heavy atom. The van der Waals surface area contributed by atoms with Crippen LogP contribution in [0.3, 0.4) is 0 Å². The summed E-state index contributed by atoms with van der Waals surface area (Å²) < 4.78 is 5.43. The highest BCUT2D eigenvalue weighted by atomic mass is 35.5. The van der Waals surface area contributed by atoms with Crippen LogP contribution in [0.5, 0.6) is 11.6 Å². The van der Waals surface area contributed by atoms with Crippen molar-refractivity contribution in [3.63, 3.8) is 0 Å². The smallest absolute Gasteiger partial charge is 0.302 e. The van der Waals surface area contributed by atoms with E-state index in [1.54, 1.807) is 24.3 Å². The van der Waals surface area contributed by atoms with E-state index in [0.29, 0.717) is 16.2 Å². The predicted molar refractivity (Wildman–Crippen MR) is 95.9 cm³/mol. The highest BCUT2D eigenvalue weighted by Crippen LogP contribution is 2.36. The summed E-state index contributed by atoms with van der Waals surface area (Å²) in [5.74, 6) is -0.135. The quantitative estimate of drug-likeness (QED) is 0.655. The highest BCUT2D eigenvalue weighted by molar-refractivity contribution is 6.30. The fourth-order valence-electron chi connectivity index (χ4n) is 2.49. The van der Waals surface area contributed by atoms with Gasteiger partial charge in [-0.15, -0.1) is 10.2 Å². The minimum absolute atomic E-state index is 0.129. The first-order chi connectivity index (χ1) is 12.0. The van der Waals surface area contributed by atoms with Gasteiger partial charge in [-0.2, -0.15) is 0 Å². The van der Waals surface area contributed by atoms with E-state index in [1.165, 1.54) is 0 Å². The molecule has 0 bridgehead atoms. The predicted octanol–water partition coefficient (Wildman–Crippen LogP) is 4.83. The maximum absolute atomic E-state index is 11.9. The second-order valence-electron chi connectivity index (χ2n) is 5.61. The van der Waals surface area contributed by atoms with Crippen LogP contribution in [0.25, 0.3) is 10.9 Å². The second kappa shape index (κ2) is 6.94. The number of azo groups is 1. The van der Waals surface area contributed by atoms with Gasteiger partial charge in [0.05, 0.1) is 5.52 Å². The van der Waals surface area contributed by atoms with Gasteiger partial charge in [0, 0.05) is 10.4 Å². The molecule has 0 atom stereocenters. The first-order valence-corrected chi connectivity index (χ1v) is 7.97. The van der Waals surface area contributed by atoms with Crippen molar-refractivity contribution in [2.24, 2.45) is 10.2 Å². The molecular formula is C18H16ClN3O3. The van der Waals surface area contributed by atoms with Crippen LogP contribution in [0.1, 0.15) is 11.1 Å². The minimum atomic E-state index is -0.559.